The minimum Gasteiger partial charge on any atom is -0.357 e. The predicted molar refractivity (Wildman–Crippen MR) is 66.9 cm³/mol. The summed E-state index contributed by atoms with van der Waals surface area (Å²) in [5.41, 5.74) is 0.000856. The Labute approximate surface area is 96.0 Å². The molecule has 0 N–H and O–H groups in total. The molecule has 1 rings (SSSR count). The van der Waals surface area contributed by atoms with Crippen molar-refractivity contribution in [3.63, 3.8) is 0 Å². The van der Waals surface area contributed by atoms with Gasteiger partial charge in [0.15, 0.2) is 0 Å². The molecule has 2 heteroatoms. The van der Waals surface area contributed by atoms with E-state index in [2.05, 4.69) is 53.6 Å². The molecular formula is C13H29NO. The molecule has 4 atom stereocenters. The average Bonchev–Trinajstić information content (AvgIpc) is 2.08. The molecular weight excluding hydrogens is 186 g/mol. The van der Waals surface area contributed by atoms with Crippen LogP contribution in [0.2, 0.25) is 0 Å². The molecule has 92 valence electrons. The zero-order valence-corrected chi connectivity index (χ0v) is 10.7. The normalized spacial score (nSPS) is 40.0. The highest BCUT2D eigenvalue weighted by atomic mass is 16.5. The van der Waals surface area contributed by atoms with Crippen molar-refractivity contribution < 1.29 is 4.74 Å². The van der Waals surface area contributed by atoms with E-state index in [9.17, 15) is 0 Å². The van der Waals surface area contributed by atoms with Crippen molar-refractivity contribution in [2.24, 2.45) is 17.8 Å². The van der Waals surface area contributed by atoms with Crippen molar-refractivity contribution in [3.8, 4) is 0 Å². The Morgan fingerprint density at radius 3 is 1.87 bits per heavy atom. The average molecular weight is 215 g/mol. The van der Waals surface area contributed by atoms with E-state index in [-0.39, 0.29) is 19.3 Å². The summed E-state index contributed by atoms with van der Waals surface area (Å²) in [6.07, 6.45) is 0.260. The molecule has 0 amide bonds. The summed E-state index contributed by atoms with van der Waals surface area (Å²) in [5, 5.41) is 0. The van der Waals surface area contributed by atoms with E-state index in [0.29, 0.717) is 17.8 Å². The van der Waals surface area contributed by atoms with Crippen LogP contribution < -0.4 is 0 Å². The molecule has 0 saturated carbocycles. The Morgan fingerprint density at radius 2 is 1.47 bits per heavy atom. The summed E-state index contributed by atoms with van der Waals surface area (Å²) in [6, 6.07) is 0. The van der Waals surface area contributed by atoms with Crippen molar-refractivity contribution >= 4 is 0 Å². The maximum Gasteiger partial charge on any atom is 0.113 e. The van der Waals surface area contributed by atoms with Crippen LogP contribution in [-0.2, 0) is 4.74 Å². The Hall–Kier alpha value is -0.0800. The van der Waals surface area contributed by atoms with E-state index in [1.54, 1.807) is 0 Å². The van der Waals surface area contributed by atoms with Gasteiger partial charge in [0.05, 0.1) is 5.60 Å². The van der Waals surface area contributed by atoms with Crippen LogP contribution in [0.4, 0.5) is 0 Å². The number of hydrogen-bond acceptors (Lipinski definition) is 2. The quantitative estimate of drug-likeness (QED) is 0.666. The molecule has 1 aliphatic rings. The van der Waals surface area contributed by atoms with Crippen molar-refractivity contribution in [2.75, 3.05) is 14.1 Å². The van der Waals surface area contributed by atoms with Crippen LogP contribution in [0, 0.1) is 17.8 Å². The smallest absolute Gasteiger partial charge is 0.113 e. The number of hydrogen-bond donors (Lipinski definition) is 0. The lowest BCUT2D eigenvalue weighted by Crippen LogP contribution is -2.54. The summed E-state index contributed by atoms with van der Waals surface area (Å²) < 4.78 is 6.16. The van der Waals surface area contributed by atoms with Crippen LogP contribution in [0.3, 0.4) is 0 Å². The summed E-state index contributed by atoms with van der Waals surface area (Å²) in [5.74, 6) is 1.94. The van der Waals surface area contributed by atoms with Crippen molar-refractivity contribution in [1.82, 2.24) is 4.90 Å². The third-order valence-electron chi connectivity index (χ3n) is 4.10. The Morgan fingerprint density at radius 1 is 1.00 bits per heavy atom. The number of nitrogens with zero attached hydrogens (tertiary/aromatic N) is 1. The highest BCUT2D eigenvalue weighted by molar-refractivity contribution is 4.90. The van der Waals surface area contributed by atoms with Gasteiger partial charge in [0.1, 0.15) is 6.23 Å². The highest BCUT2D eigenvalue weighted by Crippen LogP contribution is 2.41. The van der Waals surface area contributed by atoms with Gasteiger partial charge in [-0.15, -0.1) is 0 Å². The van der Waals surface area contributed by atoms with Crippen LogP contribution in [0.15, 0.2) is 0 Å². The predicted octanol–water partition coefficient (Wildman–Crippen LogP) is 3.23. The molecule has 1 heterocycles. The Bertz CT molecular complexity index is 199. The van der Waals surface area contributed by atoms with Crippen LogP contribution >= 0.6 is 0 Å². The third kappa shape index (κ3) is 2.73. The number of ether oxygens (including phenoxy) is 1. The van der Waals surface area contributed by atoms with Gasteiger partial charge in [-0.25, -0.2) is 0 Å². The molecule has 0 aromatic carbocycles. The molecule has 1 aliphatic heterocycles. The summed E-state index contributed by atoms with van der Waals surface area (Å²) in [6.45, 7) is 11.3. The summed E-state index contributed by atoms with van der Waals surface area (Å²) in [4.78, 5) is 2.19. The fraction of sp³-hybridized carbons (Fsp3) is 1.00. The zero-order chi connectivity index (χ0) is 11.1. The van der Waals surface area contributed by atoms with Gasteiger partial charge in [-0.3, -0.25) is 4.90 Å². The minimum atomic E-state index is 0. The van der Waals surface area contributed by atoms with Gasteiger partial charge in [-0.05, 0) is 45.7 Å². The molecule has 1 fully saturated rings. The fourth-order valence-corrected chi connectivity index (χ4v) is 2.45. The lowest BCUT2D eigenvalue weighted by molar-refractivity contribution is -0.224. The monoisotopic (exact) mass is 215 g/mol. The first-order valence-electron chi connectivity index (χ1n) is 5.61. The van der Waals surface area contributed by atoms with Gasteiger partial charge in [-0.1, -0.05) is 28.2 Å². The minimum absolute atomic E-state index is 0. The van der Waals surface area contributed by atoms with Crippen LogP contribution in [0.5, 0.6) is 0 Å². The molecule has 1 saturated heterocycles. The third-order valence-corrected chi connectivity index (χ3v) is 4.10. The maximum absolute atomic E-state index is 6.16. The van der Waals surface area contributed by atoms with Gasteiger partial charge >= 0.3 is 0 Å². The van der Waals surface area contributed by atoms with Crippen molar-refractivity contribution in [3.05, 3.63) is 0 Å². The second-order valence-electron chi connectivity index (χ2n) is 5.58. The van der Waals surface area contributed by atoms with E-state index in [1.165, 1.54) is 0 Å². The molecule has 0 aromatic heterocycles. The molecule has 0 spiro atoms. The number of rotatable bonds is 1. The van der Waals surface area contributed by atoms with Gasteiger partial charge in [0.2, 0.25) is 0 Å². The largest absolute Gasteiger partial charge is 0.357 e. The molecule has 0 aliphatic carbocycles. The molecule has 15 heavy (non-hydrogen) atoms. The van der Waals surface area contributed by atoms with Crippen LogP contribution in [0.1, 0.15) is 42.0 Å². The first-order chi connectivity index (χ1) is 6.27. The Kier molecular flexibility index (Phi) is 4.81. The second-order valence-corrected chi connectivity index (χ2v) is 5.58. The van der Waals surface area contributed by atoms with Gasteiger partial charge in [0, 0.05) is 0 Å². The second kappa shape index (κ2) is 4.84. The van der Waals surface area contributed by atoms with Gasteiger partial charge in [0.25, 0.3) is 0 Å². The first kappa shape index (κ1) is 14.9. The topological polar surface area (TPSA) is 12.5 Å². The van der Waals surface area contributed by atoms with E-state index < -0.39 is 0 Å². The molecule has 0 bridgehead atoms. The van der Waals surface area contributed by atoms with Crippen LogP contribution in [0.25, 0.3) is 0 Å². The summed E-state index contributed by atoms with van der Waals surface area (Å²) >= 11 is 0. The zero-order valence-electron chi connectivity index (χ0n) is 10.7. The van der Waals surface area contributed by atoms with E-state index in [4.69, 9.17) is 4.74 Å². The van der Waals surface area contributed by atoms with Crippen molar-refractivity contribution in [2.45, 2.75) is 53.9 Å². The van der Waals surface area contributed by atoms with E-state index in [0.717, 1.165) is 0 Å². The Balaban J connectivity index is 0.00000196. The molecule has 0 radical (unpaired) electrons. The molecule has 2 nitrogen and oxygen atoms in total. The standard InChI is InChI=1S/C12H25NO.CH4/c1-8-9(2)11(13(6)7)14-12(4,5)10(8)3;/h8-11H,1-7H3;1H4. The van der Waals surface area contributed by atoms with Crippen LogP contribution in [-0.4, -0.2) is 30.8 Å². The lowest BCUT2D eigenvalue weighted by Gasteiger charge is -2.50. The summed E-state index contributed by atoms with van der Waals surface area (Å²) in [7, 11) is 4.19. The molecule has 4 unspecified atom stereocenters. The highest BCUT2D eigenvalue weighted by Gasteiger charge is 2.44. The first-order valence-corrected chi connectivity index (χ1v) is 5.61. The lowest BCUT2D eigenvalue weighted by atomic mass is 9.73. The fourth-order valence-electron chi connectivity index (χ4n) is 2.45. The maximum atomic E-state index is 6.16. The SMILES string of the molecule is C.CC1C(C)C(C)C(C)(C)OC1N(C)C. The van der Waals surface area contributed by atoms with Gasteiger partial charge in [-0.2, -0.15) is 0 Å². The van der Waals surface area contributed by atoms with Crippen molar-refractivity contribution in [1.29, 1.82) is 0 Å². The molecule has 0 aromatic rings. The van der Waals surface area contributed by atoms with E-state index >= 15 is 0 Å². The van der Waals surface area contributed by atoms with Gasteiger partial charge < -0.3 is 4.74 Å². The van der Waals surface area contributed by atoms with E-state index in [1.807, 2.05) is 0 Å².